The molecule has 3 aliphatic carbocycles. The van der Waals surface area contributed by atoms with Gasteiger partial charge in [-0.05, 0) is 86.4 Å². The molecule has 1 saturated heterocycles. The number of nitrogens with one attached hydrogen (secondary N) is 1. The Morgan fingerprint density at radius 1 is 1.00 bits per heavy atom. The molecule has 10 nitrogen and oxygen atoms in total. The Kier molecular flexibility index (Phi) is 7.90. The first-order valence-electron chi connectivity index (χ1n) is 16.4. The fraction of sp³-hybridized carbons (Fsp3) is 0.444. The van der Waals surface area contributed by atoms with Crippen LogP contribution in [0, 0.1) is 5.92 Å². The predicted octanol–water partition coefficient (Wildman–Crippen LogP) is 6.27. The molecule has 5 atom stereocenters. The molecule has 0 aromatic heterocycles. The topological polar surface area (TPSA) is 127 Å². The number of halogens is 2. The Bertz CT molecular complexity index is 1760. The molecule has 3 fully saturated rings. The van der Waals surface area contributed by atoms with E-state index in [4.69, 9.17) is 42.1 Å². The van der Waals surface area contributed by atoms with E-state index in [2.05, 4.69) is 10.2 Å². The van der Waals surface area contributed by atoms with E-state index in [1.807, 2.05) is 12.1 Å². The summed E-state index contributed by atoms with van der Waals surface area (Å²) < 4.78 is 22.7. The number of carbonyl (C=O) groups excluding carboxylic acids is 2. The van der Waals surface area contributed by atoms with Crippen LogP contribution in [-0.4, -0.2) is 71.0 Å². The van der Waals surface area contributed by atoms with Crippen molar-refractivity contribution in [3.63, 3.8) is 0 Å². The SMILES string of the molecule is O=C(Cc1ccccc1Nc1c(Cl)cccc1Cl)OCOC(=O)O[C@@H]1CC[C@@]2(O)[C@H]3Cc4ccc(O)c5c4[C@@]2(CCN3CC2CC2)C1O5. The summed E-state index contributed by atoms with van der Waals surface area (Å²) in [6.07, 6.45) is 1.96. The summed E-state index contributed by atoms with van der Waals surface area (Å²) in [5.74, 6) is 0.443. The van der Waals surface area contributed by atoms with Gasteiger partial charge in [0, 0.05) is 23.8 Å². The molecule has 5 aliphatic rings. The summed E-state index contributed by atoms with van der Waals surface area (Å²) in [5.41, 5.74) is 1.74. The molecule has 3 aromatic rings. The van der Waals surface area contributed by atoms with Gasteiger partial charge in [0.05, 0.1) is 33.2 Å². The molecule has 0 radical (unpaired) electrons. The minimum atomic E-state index is -1.10. The number of phenolic OH excluding ortho intramolecular Hbond substituents is 1. The van der Waals surface area contributed by atoms with Gasteiger partial charge in [-0.25, -0.2) is 4.79 Å². The molecule has 2 bridgehead atoms. The van der Waals surface area contributed by atoms with Gasteiger partial charge in [-0.1, -0.05) is 53.5 Å². The quantitative estimate of drug-likeness (QED) is 0.174. The van der Waals surface area contributed by atoms with Crippen molar-refractivity contribution in [2.45, 2.75) is 74.2 Å². The van der Waals surface area contributed by atoms with Crippen LogP contribution in [0.1, 0.15) is 48.8 Å². The Balaban J connectivity index is 0.921. The first-order chi connectivity index (χ1) is 23.2. The summed E-state index contributed by atoms with van der Waals surface area (Å²) in [7, 11) is 0. The number of hydrogen-bond acceptors (Lipinski definition) is 10. The van der Waals surface area contributed by atoms with Crippen molar-refractivity contribution < 1.29 is 38.7 Å². The number of hydrogen-bond donors (Lipinski definition) is 3. The average Bonchev–Trinajstić information content (AvgIpc) is 3.80. The highest BCUT2D eigenvalue weighted by Crippen LogP contribution is 2.66. The van der Waals surface area contributed by atoms with Crippen LogP contribution in [0.15, 0.2) is 54.6 Å². The van der Waals surface area contributed by atoms with E-state index in [1.165, 1.54) is 12.8 Å². The van der Waals surface area contributed by atoms with Gasteiger partial charge in [-0.15, -0.1) is 0 Å². The number of aliphatic hydroxyl groups is 1. The van der Waals surface area contributed by atoms with Crippen molar-refractivity contribution in [1.82, 2.24) is 4.90 Å². The summed E-state index contributed by atoms with van der Waals surface area (Å²) in [6.45, 7) is 1.12. The van der Waals surface area contributed by atoms with Crippen molar-refractivity contribution >= 4 is 46.7 Å². The van der Waals surface area contributed by atoms with Crippen LogP contribution in [0.3, 0.4) is 0 Å². The van der Waals surface area contributed by atoms with Crippen LogP contribution >= 0.6 is 23.2 Å². The Morgan fingerprint density at radius 2 is 1.79 bits per heavy atom. The van der Waals surface area contributed by atoms with Gasteiger partial charge in [0.15, 0.2) is 11.5 Å². The number of anilines is 2. The number of para-hydroxylation sites is 2. The number of ether oxygens (including phenoxy) is 4. The zero-order valence-corrected chi connectivity index (χ0v) is 27.6. The van der Waals surface area contributed by atoms with Gasteiger partial charge in [0.2, 0.25) is 6.79 Å². The molecule has 8 rings (SSSR count). The van der Waals surface area contributed by atoms with Crippen molar-refractivity contribution in [3.05, 3.63) is 81.3 Å². The van der Waals surface area contributed by atoms with Crippen molar-refractivity contribution in [1.29, 1.82) is 0 Å². The minimum absolute atomic E-state index is 0.0127. The van der Waals surface area contributed by atoms with E-state index in [9.17, 15) is 19.8 Å². The highest BCUT2D eigenvalue weighted by Gasteiger charge is 2.73. The molecule has 1 spiro atoms. The lowest BCUT2D eigenvalue weighted by molar-refractivity contribution is -0.211. The lowest BCUT2D eigenvalue weighted by atomic mass is 9.48. The van der Waals surface area contributed by atoms with Crippen LogP contribution in [-0.2, 0) is 37.3 Å². The van der Waals surface area contributed by atoms with Crippen LogP contribution in [0.25, 0.3) is 0 Å². The third kappa shape index (κ3) is 5.16. The molecule has 3 N–H and O–H groups in total. The highest BCUT2D eigenvalue weighted by atomic mass is 35.5. The van der Waals surface area contributed by atoms with Crippen molar-refractivity contribution in [2.24, 2.45) is 5.92 Å². The zero-order valence-electron chi connectivity index (χ0n) is 26.1. The van der Waals surface area contributed by atoms with Crippen LogP contribution in [0.2, 0.25) is 10.0 Å². The molecule has 12 heteroatoms. The fourth-order valence-electron chi connectivity index (χ4n) is 8.61. The van der Waals surface area contributed by atoms with Gasteiger partial charge in [-0.3, -0.25) is 9.69 Å². The summed E-state index contributed by atoms with van der Waals surface area (Å²) in [6, 6.07) is 15.8. The standard InChI is InChI=1S/C36H36Cl2N2O8/c37-23-5-3-6-24(38)31(23)39-25-7-2-1-4-21(25)17-29(42)45-19-46-34(43)47-27-12-13-36(44)28-16-22-10-11-26(41)32-30(22)35(36,33(27)48-32)14-15-40(28)18-20-8-9-20/h1-7,10-11,20,27-28,33,39,41,44H,8-9,12-19H2/t27-,28-,33?,35+,36-/m1/s1. The lowest BCUT2D eigenvalue weighted by Crippen LogP contribution is -2.77. The molecular formula is C36H36Cl2N2O8. The molecule has 0 amide bonds. The first kappa shape index (κ1) is 31.6. The van der Waals surface area contributed by atoms with E-state index >= 15 is 0 Å². The molecule has 2 aliphatic heterocycles. The summed E-state index contributed by atoms with van der Waals surface area (Å²) >= 11 is 12.6. The van der Waals surface area contributed by atoms with E-state index < -0.39 is 42.1 Å². The van der Waals surface area contributed by atoms with E-state index in [-0.39, 0.29) is 18.2 Å². The number of piperidine rings is 1. The molecular weight excluding hydrogens is 659 g/mol. The second-order valence-electron chi connectivity index (χ2n) is 13.6. The summed E-state index contributed by atoms with van der Waals surface area (Å²) in [5, 5.41) is 27.4. The first-order valence-corrected chi connectivity index (χ1v) is 17.2. The van der Waals surface area contributed by atoms with Crippen LogP contribution < -0.4 is 10.1 Å². The number of nitrogens with zero attached hydrogens (tertiary/aromatic N) is 1. The largest absolute Gasteiger partial charge is 0.511 e. The number of likely N-dealkylation sites (tertiary alicyclic amines) is 1. The maximum absolute atomic E-state index is 12.9. The Hall–Kier alpha value is -3.70. The number of benzene rings is 3. The number of aromatic hydroxyl groups is 1. The fourth-order valence-corrected chi connectivity index (χ4v) is 9.10. The smallest absolute Gasteiger partial charge is 0.504 e. The number of esters is 1. The van der Waals surface area contributed by atoms with E-state index in [1.54, 1.807) is 42.5 Å². The highest BCUT2D eigenvalue weighted by molar-refractivity contribution is 6.39. The predicted molar refractivity (Wildman–Crippen MR) is 177 cm³/mol. The van der Waals surface area contributed by atoms with Gasteiger partial charge in [0.25, 0.3) is 0 Å². The Morgan fingerprint density at radius 3 is 2.58 bits per heavy atom. The van der Waals surface area contributed by atoms with Crippen LogP contribution in [0.4, 0.5) is 16.2 Å². The van der Waals surface area contributed by atoms with Crippen LogP contribution in [0.5, 0.6) is 11.5 Å². The monoisotopic (exact) mass is 694 g/mol. The molecule has 1 unspecified atom stereocenters. The molecule has 2 saturated carbocycles. The third-order valence-corrected chi connectivity index (χ3v) is 11.6. The van der Waals surface area contributed by atoms with Crippen molar-refractivity contribution in [2.75, 3.05) is 25.2 Å². The van der Waals surface area contributed by atoms with Gasteiger partial charge >= 0.3 is 12.1 Å². The second-order valence-corrected chi connectivity index (χ2v) is 14.4. The molecule has 2 heterocycles. The maximum Gasteiger partial charge on any atom is 0.511 e. The number of carbonyl (C=O) groups is 2. The number of phenols is 1. The molecule has 3 aromatic carbocycles. The minimum Gasteiger partial charge on any atom is -0.504 e. The zero-order chi connectivity index (χ0) is 33.2. The van der Waals surface area contributed by atoms with E-state index in [0.29, 0.717) is 64.3 Å². The Labute approximate surface area is 287 Å². The van der Waals surface area contributed by atoms with Gasteiger partial charge in [0.1, 0.15) is 12.2 Å². The normalized spacial score (nSPS) is 28.2. The average molecular weight is 696 g/mol. The van der Waals surface area contributed by atoms with E-state index in [0.717, 1.165) is 24.2 Å². The molecule has 48 heavy (non-hydrogen) atoms. The second kappa shape index (κ2) is 12.0. The summed E-state index contributed by atoms with van der Waals surface area (Å²) in [4.78, 5) is 28.1. The van der Waals surface area contributed by atoms with Crippen molar-refractivity contribution in [3.8, 4) is 11.5 Å². The van der Waals surface area contributed by atoms with Gasteiger partial charge < -0.3 is 34.5 Å². The number of rotatable bonds is 9. The third-order valence-electron chi connectivity index (χ3n) is 10.9. The lowest BCUT2D eigenvalue weighted by Gasteiger charge is -2.63. The van der Waals surface area contributed by atoms with Gasteiger partial charge in [-0.2, -0.15) is 0 Å². The maximum atomic E-state index is 12.9. The molecule has 252 valence electrons.